The summed E-state index contributed by atoms with van der Waals surface area (Å²) >= 11 is 1.62. The normalized spacial score (nSPS) is 10.8. The van der Waals surface area contributed by atoms with Crippen molar-refractivity contribution in [3.05, 3.63) is 45.4 Å². The molecule has 0 unspecified atom stereocenters. The van der Waals surface area contributed by atoms with Crippen LogP contribution in [0.25, 0.3) is 0 Å². The van der Waals surface area contributed by atoms with Crippen molar-refractivity contribution in [1.82, 2.24) is 4.98 Å². The van der Waals surface area contributed by atoms with Crippen LogP contribution in [-0.4, -0.2) is 10.9 Å². The van der Waals surface area contributed by atoms with Crippen molar-refractivity contribution in [2.45, 2.75) is 40.0 Å². The number of rotatable bonds is 4. The van der Waals surface area contributed by atoms with Crippen LogP contribution >= 0.6 is 11.3 Å². The third kappa shape index (κ3) is 3.67. The van der Waals surface area contributed by atoms with Crippen molar-refractivity contribution in [1.29, 1.82) is 0 Å². The first kappa shape index (κ1) is 14.7. The zero-order valence-corrected chi connectivity index (χ0v) is 13.2. The highest BCUT2D eigenvalue weighted by Crippen LogP contribution is 2.20. The van der Waals surface area contributed by atoms with E-state index in [1.54, 1.807) is 11.3 Å². The number of hydrogen-bond donors (Lipinski definition) is 1. The van der Waals surface area contributed by atoms with Gasteiger partial charge in [-0.05, 0) is 25.5 Å². The minimum Gasteiger partial charge on any atom is -0.326 e. The molecular formula is C16H20N2OS. The molecule has 20 heavy (non-hydrogen) atoms. The van der Waals surface area contributed by atoms with Crippen molar-refractivity contribution in [3.63, 3.8) is 0 Å². The summed E-state index contributed by atoms with van der Waals surface area (Å²) in [7, 11) is 0. The molecule has 1 aromatic heterocycles. The van der Waals surface area contributed by atoms with Crippen LogP contribution in [0.3, 0.4) is 0 Å². The first-order valence-electron chi connectivity index (χ1n) is 6.77. The molecule has 0 saturated carbocycles. The molecule has 0 spiro atoms. The van der Waals surface area contributed by atoms with E-state index in [0.29, 0.717) is 12.3 Å². The third-order valence-corrected chi connectivity index (χ3v) is 4.26. The average Bonchev–Trinajstić information content (AvgIpc) is 2.81. The SMILES string of the molecule is Cc1ccc(NC(=O)Cc2csc(C(C)C)n2)c(C)c1. The Hall–Kier alpha value is -1.68. The summed E-state index contributed by atoms with van der Waals surface area (Å²) < 4.78 is 0. The van der Waals surface area contributed by atoms with Gasteiger partial charge in [0.1, 0.15) is 0 Å². The van der Waals surface area contributed by atoms with Gasteiger partial charge in [0.15, 0.2) is 0 Å². The lowest BCUT2D eigenvalue weighted by Gasteiger charge is -2.08. The minimum atomic E-state index is -0.0161. The molecule has 4 heteroatoms. The van der Waals surface area contributed by atoms with Gasteiger partial charge in [0, 0.05) is 17.0 Å². The van der Waals surface area contributed by atoms with Crippen molar-refractivity contribution >= 4 is 22.9 Å². The molecule has 0 saturated heterocycles. The average molecular weight is 288 g/mol. The van der Waals surface area contributed by atoms with Crippen molar-refractivity contribution in [2.24, 2.45) is 0 Å². The van der Waals surface area contributed by atoms with Crippen LogP contribution in [0.15, 0.2) is 23.6 Å². The van der Waals surface area contributed by atoms with Crippen molar-refractivity contribution in [3.8, 4) is 0 Å². The molecule has 1 aromatic carbocycles. The van der Waals surface area contributed by atoms with Crippen LogP contribution in [0, 0.1) is 13.8 Å². The van der Waals surface area contributed by atoms with Gasteiger partial charge >= 0.3 is 0 Å². The Kier molecular flexibility index (Phi) is 4.55. The maximum atomic E-state index is 12.1. The Labute approximate surface area is 124 Å². The Bertz CT molecular complexity index is 617. The molecule has 1 amide bonds. The molecule has 0 aliphatic heterocycles. The molecule has 1 N–H and O–H groups in total. The molecule has 2 rings (SSSR count). The molecule has 0 bridgehead atoms. The van der Waals surface area contributed by atoms with E-state index in [2.05, 4.69) is 30.2 Å². The minimum absolute atomic E-state index is 0.0161. The van der Waals surface area contributed by atoms with Crippen molar-refractivity contribution in [2.75, 3.05) is 5.32 Å². The van der Waals surface area contributed by atoms with E-state index in [1.807, 2.05) is 31.4 Å². The van der Waals surface area contributed by atoms with E-state index < -0.39 is 0 Å². The van der Waals surface area contributed by atoms with Gasteiger partial charge in [0.05, 0.1) is 17.1 Å². The number of carbonyl (C=O) groups is 1. The van der Waals surface area contributed by atoms with Gasteiger partial charge in [-0.2, -0.15) is 0 Å². The number of carbonyl (C=O) groups excluding carboxylic acids is 1. The van der Waals surface area contributed by atoms with Gasteiger partial charge in [-0.1, -0.05) is 31.5 Å². The number of benzene rings is 1. The number of nitrogens with zero attached hydrogens (tertiary/aromatic N) is 1. The highest BCUT2D eigenvalue weighted by atomic mass is 32.1. The second-order valence-electron chi connectivity index (χ2n) is 5.38. The Morgan fingerprint density at radius 1 is 1.35 bits per heavy atom. The predicted octanol–water partition coefficient (Wildman–Crippen LogP) is 4.06. The van der Waals surface area contributed by atoms with E-state index in [4.69, 9.17) is 0 Å². The van der Waals surface area contributed by atoms with E-state index in [-0.39, 0.29) is 5.91 Å². The molecular weight excluding hydrogens is 268 g/mol. The van der Waals surface area contributed by atoms with Gasteiger partial charge in [-0.3, -0.25) is 4.79 Å². The maximum absolute atomic E-state index is 12.1. The van der Waals surface area contributed by atoms with E-state index in [0.717, 1.165) is 22.0 Å². The number of aryl methyl sites for hydroxylation is 2. The molecule has 2 aromatic rings. The molecule has 0 atom stereocenters. The summed E-state index contributed by atoms with van der Waals surface area (Å²) in [6, 6.07) is 6.01. The summed E-state index contributed by atoms with van der Waals surface area (Å²) in [5, 5.41) is 6.00. The molecule has 1 heterocycles. The number of amides is 1. The summed E-state index contributed by atoms with van der Waals surface area (Å²) in [6.45, 7) is 8.26. The first-order valence-corrected chi connectivity index (χ1v) is 7.65. The fourth-order valence-electron chi connectivity index (χ4n) is 1.98. The largest absolute Gasteiger partial charge is 0.326 e. The molecule has 0 radical (unpaired) electrons. The number of thiazole rings is 1. The zero-order valence-electron chi connectivity index (χ0n) is 12.4. The van der Waals surface area contributed by atoms with Gasteiger partial charge < -0.3 is 5.32 Å². The monoisotopic (exact) mass is 288 g/mol. The summed E-state index contributed by atoms with van der Waals surface area (Å²) in [5.74, 6) is 0.397. The number of hydrogen-bond acceptors (Lipinski definition) is 3. The highest BCUT2D eigenvalue weighted by Gasteiger charge is 2.10. The lowest BCUT2D eigenvalue weighted by atomic mass is 10.1. The van der Waals surface area contributed by atoms with Gasteiger partial charge in [0.25, 0.3) is 0 Å². The Morgan fingerprint density at radius 3 is 2.70 bits per heavy atom. The summed E-state index contributed by atoms with van der Waals surface area (Å²) in [5.41, 5.74) is 4.00. The summed E-state index contributed by atoms with van der Waals surface area (Å²) in [6.07, 6.45) is 0.330. The third-order valence-electron chi connectivity index (χ3n) is 3.06. The molecule has 0 fully saturated rings. The van der Waals surface area contributed by atoms with E-state index in [9.17, 15) is 4.79 Å². The van der Waals surface area contributed by atoms with Gasteiger partial charge in [0.2, 0.25) is 5.91 Å². The molecule has 0 aliphatic carbocycles. The fraction of sp³-hybridized carbons (Fsp3) is 0.375. The smallest absolute Gasteiger partial charge is 0.230 e. The number of nitrogens with one attached hydrogen (secondary N) is 1. The van der Waals surface area contributed by atoms with Crippen LogP contribution in [0.5, 0.6) is 0 Å². The summed E-state index contributed by atoms with van der Waals surface area (Å²) in [4.78, 5) is 16.5. The lowest BCUT2D eigenvalue weighted by Crippen LogP contribution is -2.15. The van der Waals surface area contributed by atoms with Crippen LogP contribution in [0.4, 0.5) is 5.69 Å². The number of aromatic nitrogens is 1. The van der Waals surface area contributed by atoms with Crippen molar-refractivity contribution < 1.29 is 4.79 Å². The molecule has 3 nitrogen and oxygen atoms in total. The van der Waals surface area contributed by atoms with Crippen LogP contribution in [0.1, 0.15) is 41.6 Å². The Morgan fingerprint density at radius 2 is 2.10 bits per heavy atom. The maximum Gasteiger partial charge on any atom is 0.230 e. The van der Waals surface area contributed by atoms with E-state index >= 15 is 0 Å². The second kappa shape index (κ2) is 6.18. The van der Waals surface area contributed by atoms with Gasteiger partial charge in [-0.15, -0.1) is 11.3 Å². The topological polar surface area (TPSA) is 42.0 Å². The molecule has 0 aliphatic rings. The lowest BCUT2D eigenvalue weighted by molar-refractivity contribution is -0.115. The van der Waals surface area contributed by atoms with Crippen LogP contribution in [-0.2, 0) is 11.2 Å². The first-order chi connectivity index (χ1) is 9.45. The molecule has 106 valence electrons. The van der Waals surface area contributed by atoms with Crippen LogP contribution in [0.2, 0.25) is 0 Å². The Balaban J connectivity index is 2.01. The quantitative estimate of drug-likeness (QED) is 0.921. The van der Waals surface area contributed by atoms with Gasteiger partial charge in [-0.25, -0.2) is 4.98 Å². The predicted molar refractivity (Wildman–Crippen MR) is 84.5 cm³/mol. The zero-order chi connectivity index (χ0) is 14.7. The number of anilines is 1. The van der Waals surface area contributed by atoms with Crippen LogP contribution < -0.4 is 5.32 Å². The second-order valence-corrected chi connectivity index (χ2v) is 6.26. The van der Waals surface area contributed by atoms with E-state index in [1.165, 1.54) is 5.56 Å². The standard InChI is InChI=1S/C16H20N2OS/c1-10(2)16-17-13(9-20-16)8-15(19)18-14-6-5-11(3)7-12(14)4/h5-7,9-10H,8H2,1-4H3,(H,18,19). The fourth-order valence-corrected chi connectivity index (χ4v) is 2.82. The highest BCUT2D eigenvalue weighted by molar-refractivity contribution is 7.09.